The fourth-order valence-corrected chi connectivity index (χ4v) is 3.32. The highest BCUT2D eigenvalue weighted by Crippen LogP contribution is 2.36. The van der Waals surface area contributed by atoms with E-state index < -0.39 is 11.4 Å². The van der Waals surface area contributed by atoms with Gasteiger partial charge in [0.1, 0.15) is 5.82 Å². The standard InChI is InChI=1S/C20H20FNO4/c21-16-6-4-15(5-7-16)20(8-10-26-11-9-20)19(25)22-17-3-1-2-14(12-17)13-18(23)24/h1-7,12H,8-11,13H2,(H,22,25)(H,23,24). The lowest BCUT2D eigenvalue weighted by Crippen LogP contribution is -2.44. The van der Waals surface area contributed by atoms with Crippen molar-refractivity contribution in [3.05, 3.63) is 65.5 Å². The molecule has 6 heteroatoms. The number of hydrogen-bond acceptors (Lipinski definition) is 3. The zero-order chi connectivity index (χ0) is 18.6. The molecule has 1 amide bonds. The first kappa shape index (κ1) is 18.1. The molecular formula is C20H20FNO4. The summed E-state index contributed by atoms with van der Waals surface area (Å²) in [7, 11) is 0. The van der Waals surface area contributed by atoms with Gasteiger partial charge in [0.05, 0.1) is 11.8 Å². The lowest BCUT2D eigenvalue weighted by Gasteiger charge is -2.36. The highest BCUT2D eigenvalue weighted by atomic mass is 19.1. The molecule has 0 atom stereocenters. The molecular weight excluding hydrogens is 337 g/mol. The minimum absolute atomic E-state index is 0.110. The number of hydrogen-bond donors (Lipinski definition) is 2. The van der Waals surface area contributed by atoms with E-state index >= 15 is 0 Å². The summed E-state index contributed by atoms with van der Waals surface area (Å²) in [5.74, 6) is -1.47. The summed E-state index contributed by atoms with van der Waals surface area (Å²) in [5.41, 5.74) is 1.11. The molecule has 0 aromatic heterocycles. The molecule has 0 bridgehead atoms. The van der Waals surface area contributed by atoms with E-state index in [-0.39, 0.29) is 18.1 Å². The predicted molar refractivity (Wildman–Crippen MR) is 94.5 cm³/mol. The molecule has 2 aromatic rings. The van der Waals surface area contributed by atoms with E-state index in [0.717, 1.165) is 5.56 Å². The van der Waals surface area contributed by atoms with Crippen LogP contribution in [0.15, 0.2) is 48.5 Å². The number of carbonyl (C=O) groups is 2. The van der Waals surface area contributed by atoms with Crippen LogP contribution in [0.3, 0.4) is 0 Å². The summed E-state index contributed by atoms with van der Waals surface area (Å²) in [6.07, 6.45) is 0.888. The van der Waals surface area contributed by atoms with E-state index in [1.54, 1.807) is 36.4 Å². The average Bonchev–Trinajstić information content (AvgIpc) is 2.62. The van der Waals surface area contributed by atoms with Crippen molar-refractivity contribution < 1.29 is 23.8 Å². The maximum atomic E-state index is 13.3. The predicted octanol–water partition coefficient (Wildman–Crippen LogP) is 3.14. The number of halogens is 1. The molecule has 1 aliphatic heterocycles. The van der Waals surface area contributed by atoms with Gasteiger partial charge >= 0.3 is 5.97 Å². The van der Waals surface area contributed by atoms with E-state index in [4.69, 9.17) is 9.84 Å². The number of anilines is 1. The van der Waals surface area contributed by atoms with E-state index in [1.807, 2.05) is 0 Å². The lowest BCUT2D eigenvalue weighted by atomic mass is 9.73. The molecule has 0 saturated carbocycles. The van der Waals surface area contributed by atoms with Gasteiger partial charge in [-0.25, -0.2) is 4.39 Å². The Labute approximate surface area is 150 Å². The van der Waals surface area contributed by atoms with Gasteiger partial charge in [0, 0.05) is 18.9 Å². The van der Waals surface area contributed by atoms with E-state index in [9.17, 15) is 14.0 Å². The first-order valence-corrected chi connectivity index (χ1v) is 8.46. The third-order valence-electron chi connectivity index (χ3n) is 4.72. The Morgan fingerprint density at radius 3 is 2.46 bits per heavy atom. The summed E-state index contributed by atoms with van der Waals surface area (Å²) in [6.45, 7) is 0.897. The summed E-state index contributed by atoms with van der Waals surface area (Å²) >= 11 is 0. The molecule has 0 unspecified atom stereocenters. The normalized spacial score (nSPS) is 16.0. The molecule has 1 saturated heterocycles. The fourth-order valence-electron chi connectivity index (χ4n) is 3.32. The second kappa shape index (κ2) is 7.66. The molecule has 2 N–H and O–H groups in total. The number of carboxylic acid groups (broad SMARTS) is 1. The summed E-state index contributed by atoms with van der Waals surface area (Å²) < 4.78 is 18.7. The first-order chi connectivity index (χ1) is 12.5. The van der Waals surface area contributed by atoms with Gasteiger partial charge in [-0.05, 0) is 48.2 Å². The Morgan fingerprint density at radius 2 is 1.81 bits per heavy atom. The molecule has 0 spiro atoms. The largest absolute Gasteiger partial charge is 0.481 e. The molecule has 1 heterocycles. The maximum absolute atomic E-state index is 13.3. The van der Waals surface area contributed by atoms with Crippen LogP contribution < -0.4 is 5.32 Å². The number of carboxylic acids is 1. The Hall–Kier alpha value is -2.73. The van der Waals surface area contributed by atoms with Gasteiger partial charge in [0.15, 0.2) is 0 Å². The van der Waals surface area contributed by atoms with Crippen molar-refractivity contribution >= 4 is 17.6 Å². The van der Waals surface area contributed by atoms with Gasteiger partial charge in [-0.3, -0.25) is 9.59 Å². The van der Waals surface area contributed by atoms with Crippen molar-refractivity contribution in [2.45, 2.75) is 24.7 Å². The minimum Gasteiger partial charge on any atom is -0.481 e. The average molecular weight is 357 g/mol. The molecule has 1 fully saturated rings. The van der Waals surface area contributed by atoms with Crippen molar-refractivity contribution in [3.63, 3.8) is 0 Å². The molecule has 26 heavy (non-hydrogen) atoms. The number of amides is 1. The Bertz CT molecular complexity index is 798. The third-order valence-corrected chi connectivity index (χ3v) is 4.72. The fraction of sp³-hybridized carbons (Fsp3) is 0.300. The van der Waals surface area contributed by atoms with Crippen LogP contribution in [0.5, 0.6) is 0 Å². The van der Waals surface area contributed by atoms with Crippen LogP contribution in [0.4, 0.5) is 10.1 Å². The number of rotatable bonds is 5. The van der Waals surface area contributed by atoms with Crippen molar-refractivity contribution in [1.82, 2.24) is 0 Å². The third kappa shape index (κ3) is 3.91. The maximum Gasteiger partial charge on any atom is 0.307 e. The first-order valence-electron chi connectivity index (χ1n) is 8.46. The number of ether oxygens (including phenoxy) is 1. The van der Waals surface area contributed by atoms with Crippen LogP contribution >= 0.6 is 0 Å². The monoisotopic (exact) mass is 357 g/mol. The van der Waals surface area contributed by atoms with Crippen LogP contribution in [-0.4, -0.2) is 30.2 Å². The second-order valence-electron chi connectivity index (χ2n) is 6.43. The Morgan fingerprint density at radius 1 is 1.12 bits per heavy atom. The van der Waals surface area contributed by atoms with Crippen molar-refractivity contribution in [2.24, 2.45) is 0 Å². The Balaban J connectivity index is 1.87. The number of carbonyl (C=O) groups excluding carboxylic acids is 1. The van der Waals surface area contributed by atoms with Crippen molar-refractivity contribution in [3.8, 4) is 0 Å². The SMILES string of the molecule is O=C(O)Cc1cccc(NC(=O)C2(c3ccc(F)cc3)CCOCC2)c1. The molecule has 1 aliphatic rings. The zero-order valence-electron chi connectivity index (χ0n) is 14.2. The van der Waals surface area contributed by atoms with Crippen molar-refractivity contribution in [1.29, 1.82) is 0 Å². The van der Waals surface area contributed by atoms with Crippen LogP contribution in [-0.2, 0) is 26.2 Å². The van der Waals surface area contributed by atoms with Crippen molar-refractivity contribution in [2.75, 3.05) is 18.5 Å². The molecule has 2 aromatic carbocycles. The second-order valence-corrected chi connectivity index (χ2v) is 6.43. The van der Waals surface area contributed by atoms with Gasteiger partial charge in [-0.1, -0.05) is 24.3 Å². The quantitative estimate of drug-likeness (QED) is 0.862. The van der Waals surface area contributed by atoms with Gasteiger partial charge in [-0.15, -0.1) is 0 Å². The molecule has 5 nitrogen and oxygen atoms in total. The highest BCUT2D eigenvalue weighted by molar-refractivity contribution is 5.99. The molecule has 136 valence electrons. The number of nitrogens with one attached hydrogen (secondary N) is 1. The van der Waals surface area contributed by atoms with Gasteiger partial charge in [0.2, 0.25) is 5.91 Å². The smallest absolute Gasteiger partial charge is 0.307 e. The van der Waals surface area contributed by atoms with E-state index in [0.29, 0.717) is 37.3 Å². The summed E-state index contributed by atoms with van der Waals surface area (Å²) in [6, 6.07) is 12.8. The molecule has 0 radical (unpaired) electrons. The number of aliphatic carboxylic acids is 1. The van der Waals surface area contributed by atoms with Crippen LogP contribution in [0.1, 0.15) is 24.0 Å². The zero-order valence-corrected chi connectivity index (χ0v) is 14.2. The summed E-state index contributed by atoms with van der Waals surface area (Å²) in [5, 5.41) is 11.8. The minimum atomic E-state index is -0.930. The van der Waals surface area contributed by atoms with E-state index in [2.05, 4.69) is 5.32 Å². The topological polar surface area (TPSA) is 75.6 Å². The van der Waals surface area contributed by atoms with Gasteiger partial charge in [0.25, 0.3) is 0 Å². The van der Waals surface area contributed by atoms with E-state index in [1.165, 1.54) is 12.1 Å². The van der Waals surface area contributed by atoms with Gasteiger partial charge in [-0.2, -0.15) is 0 Å². The van der Waals surface area contributed by atoms with Crippen LogP contribution in [0.2, 0.25) is 0 Å². The number of benzene rings is 2. The summed E-state index contributed by atoms with van der Waals surface area (Å²) in [4.78, 5) is 24.0. The Kier molecular flexibility index (Phi) is 5.32. The highest BCUT2D eigenvalue weighted by Gasteiger charge is 2.41. The molecule has 3 rings (SSSR count). The lowest BCUT2D eigenvalue weighted by molar-refractivity contribution is -0.136. The van der Waals surface area contributed by atoms with Crippen LogP contribution in [0, 0.1) is 5.82 Å². The van der Waals surface area contributed by atoms with Gasteiger partial charge < -0.3 is 15.2 Å². The molecule has 0 aliphatic carbocycles. The van der Waals surface area contributed by atoms with Crippen LogP contribution in [0.25, 0.3) is 0 Å².